The number of aromatic nitrogens is 4. The Bertz CT molecular complexity index is 1140. The fraction of sp³-hybridized carbons (Fsp3) is 0.182. The van der Waals surface area contributed by atoms with Crippen LogP contribution in [0.15, 0.2) is 48.7 Å². The topological polar surface area (TPSA) is 109 Å². The Balaban J connectivity index is 1.46. The van der Waals surface area contributed by atoms with Crippen LogP contribution in [-0.2, 0) is 25.9 Å². The summed E-state index contributed by atoms with van der Waals surface area (Å²) < 4.78 is 0. The van der Waals surface area contributed by atoms with Gasteiger partial charge in [-0.15, -0.1) is 0 Å². The number of rotatable bonds is 4. The molecule has 28 heavy (non-hydrogen) atoms. The van der Waals surface area contributed by atoms with E-state index in [1.165, 1.54) is 27.9 Å². The van der Waals surface area contributed by atoms with Crippen LogP contribution in [0.5, 0.6) is 0 Å². The Labute approximate surface area is 163 Å². The number of nitrogens with zero attached hydrogens (tertiary/aromatic N) is 2. The third-order valence-corrected chi connectivity index (χ3v) is 5.38. The fourth-order valence-electron chi connectivity index (χ4n) is 3.89. The first-order valence-electron chi connectivity index (χ1n) is 9.51. The molecule has 4 aromatic rings. The highest BCUT2D eigenvalue weighted by Gasteiger charge is 2.20. The van der Waals surface area contributed by atoms with E-state index in [1.54, 1.807) is 0 Å². The summed E-state index contributed by atoms with van der Waals surface area (Å²) in [5, 5.41) is 0. The number of benzene rings is 2. The second-order valence-electron chi connectivity index (χ2n) is 7.11. The zero-order valence-electron chi connectivity index (χ0n) is 15.5. The van der Waals surface area contributed by atoms with Crippen molar-refractivity contribution in [2.75, 3.05) is 0 Å². The Hall–Kier alpha value is -3.22. The highest BCUT2D eigenvalue weighted by molar-refractivity contribution is 5.75. The van der Waals surface area contributed by atoms with Crippen LogP contribution < -0.4 is 11.5 Å². The zero-order valence-corrected chi connectivity index (χ0v) is 15.5. The van der Waals surface area contributed by atoms with E-state index >= 15 is 0 Å². The molecule has 0 aliphatic heterocycles. The maximum Gasteiger partial charge on any atom is 0.120 e. The number of hydrogen-bond donors (Lipinski definition) is 4. The predicted octanol–water partition coefficient (Wildman–Crippen LogP) is 3.15. The quantitative estimate of drug-likeness (QED) is 0.442. The van der Waals surface area contributed by atoms with Crippen molar-refractivity contribution in [2.45, 2.75) is 25.9 Å². The van der Waals surface area contributed by atoms with Crippen molar-refractivity contribution in [1.29, 1.82) is 0 Å². The van der Waals surface area contributed by atoms with E-state index < -0.39 is 0 Å². The van der Waals surface area contributed by atoms with E-state index in [0.717, 1.165) is 41.4 Å². The van der Waals surface area contributed by atoms with Gasteiger partial charge in [0.25, 0.3) is 0 Å². The van der Waals surface area contributed by atoms with Crippen molar-refractivity contribution in [1.82, 2.24) is 19.9 Å². The molecule has 6 nitrogen and oxygen atoms in total. The van der Waals surface area contributed by atoms with Gasteiger partial charge in [0.15, 0.2) is 0 Å². The molecule has 1 aliphatic rings. The van der Waals surface area contributed by atoms with Crippen LogP contribution in [-0.4, -0.2) is 19.9 Å². The zero-order chi connectivity index (χ0) is 19.1. The maximum atomic E-state index is 5.74. The van der Waals surface area contributed by atoms with Gasteiger partial charge in [-0.05, 0) is 35.1 Å². The molecule has 0 fully saturated rings. The Morgan fingerprint density at radius 2 is 1.57 bits per heavy atom. The molecule has 0 saturated carbocycles. The number of aromatic amines is 2. The van der Waals surface area contributed by atoms with Crippen molar-refractivity contribution in [3.05, 3.63) is 71.6 Å². The molecule has 5 rings (SSSR count). The summed E-state index contributed by atoms with van der Waals surface area (Å²) in [4.78, 5) is 15.5. The van der Waals surface area contributed by atoms with E-state index in [-0.39, 0.29) is 0 Å². The smallest absolute Gasteiger partial charge is 0.120 e. The van der Waals surface area contributed by atoms with Gasteiger partial charge in [0.05, 0.1) is 30.7 Å². The number of aryl methyl sites for hydroxylation is 2. The Morgan fingerprint density at radius 1 is 0.821 bits per heavy atom. The molecular formula is C22H22N6. The van der Waals surface area contributed by atoms with Crippen LogP contribution >= 0.6 is 0 Å². The Morgan fingerprint density at radius 3 is 2.32 bits per heavy atom. The van der Waals surface area contributed by atoms with E-state index in [2.05, 4.69) is 62.4 Å². The molecule has 6 N–H and O–H groups in total. The van der Waals surface area contributed by atoms with Gasteiger partial charge in [-0.3, -0.25) is 0 Å². The van der Waals surface area contributed by atoms with Crippen LogP contribution in [0.1, 0.15) is 22.9 Å². The third-order valence-electron chi connectivity index (χ3n) is 5.38. The van der Waals surface area contributed by atoms with Crippen LogP contribution in [0.25, 0.3) is 33.6 Å². The van der Waals surface area contributed by atoms with Gasteiger partial charge in [-0.25, -0.2) is 9.97 Å². The number of imidazole rings is 2. The van der Waals surface area contributed by atoms with Gasteiger partial charge in [-0.1, -0.05) is 42.5 Å². The molecule has 0 amide bonds. The standard InChI is InChI=1S/C22H22N6/c23-10-20-25-12-19(27-20)14-3-1-13(2-4-14)15-5-7-17-16(9-15)6-8-18-22(17)28-21(11-24)26-18/h1-5,7,9,12H,6,8,10-11,23-24H2,(H,25,27)(H,26,28). The molecule has 0 radical (unpaired) electrons. The van der Waals surface area contributed by atoms with Crippen LogP contribution in [0.4, 0.5) is 0 Å². The molecular weight excluding hydrogens is 348 g/mol. The lowest BCUT2D eigenvalue weighted by Crippen LogP contribution is -2.03. The summed E-state index contributed by atoms with van der Waals surface area (Å²) >= 11 is 0. The van der Waals surface area contributed by atoms with Crippen molar-refractivity contribution < 1.29 is 0 Å². The van der Waals surface area contributed by atoms with Crippen molar-refractivity contribution in [3.8, 4) is 33.6 Å². The van der Waals surface area contributed by atoms with E-state index in [0.29, 0.717) is 13.1 Å². The fourth-order valence-corrected chi connectivity index (χ4v) is 3.89. The third kappa shape index (κ3) is 2.83. The lowest BCUT2D eigenvalue weighted by Gasteiger charge is -2.16. The van der Waals surface area contributed by atoms with Crippen LogP contribution in [0.2, 0.25) is 0 Å². The number of fused-ring (bicyclic) bond motifs is 3. The van der Waals surface area contributed by atoms with E-state index in [4.69, 9.17) is 11.5 Å². The second kappa shape index (κ2) is 6.74. The summed E-state index contributed by atoms with van der Waals surface area (Å²) in [6.45, 7) is 0.855. The second-order valence-corrected chi connectivity index (χ2v) is 7.11. The van der Waals surface area contributed by atoms with Crippen molar-refractivity contribution in [2.24, 2.45) is 11.5 Å². The van der Waals surface area contributed by atoms with Gasteiger partial charge >= 0.3 is 0 Å². The van der Waals surface area contributed by atoms with Gasteiger partial charge in [-0.2, -0.15) is 0 Å². The Kier molecular flexibility index (Phi) is 4.07. The van der Waals surface area contributed by atoms with Gasteiger partial charge in [0.1, 0.15) is 11.6 Å². The minimum Gasteiger partial charge on any atom is -0.344 e. The average Bonchev–Trinajstić information content (AvgIpc) is 3.40. The molecule has 140 valence electrons. The van der Waals surface area contributed by atoms with Gasteiger partial charge in [0, 0.05) is 11.3 Å². The minimum absolute atomic E-state index is 0.414. The number of H-pyrrole nitrogens is 2. The summed E-state index contributed by atoms with van der Waals surface area (Å²) in [5.41, 5.74) is 20.7. The normalized spacial score (nSPS) is 12.6. The molecule has 0 unspecified atom stereocenters. The summed E-state index contributed by atoms with van der Waals surface area (Å²) in [6, 6.07) is 15.2. The van der Waals surface area contributed by atoms with Crippen molar-refractivity contribution >= 4 is 0 Å². The lowest BCUT2D eigenvalue weighted by molar-refractivity contribution is 0.889. The monoisotopic (exact) mass is 370 g/mol. The predicted molar refractivity (Wildman–Crippen MR) is 110 cm³/mol. The lowest BCUT2D eigenvalue weighted by atomic mass is 9.89. The molecule has 2 aromatic heterocycles. The van der Waals surface area contributed by atoms with Crippen LogP contribution in [0.3, 0.4) is 0 Å². The SMILES string of the molecule is NCc1ncc(-c2ccc(-c3ccc4c(c3)CCc3[nH]c(CN)nc3-4)cc2)[nH]1. The first-order chi connectivity index (χ1) is 13.7. The largest absolute Gasteiger partial charge is 0.344 e. The number of nitrogens with one attached hydrogen (secondary N) is 2. The first kappa shape index (κ1) is 16.9. The summed E-state index contributed by atoms with van der Waals surface area (Å²) in [5.74, 6) is 1.65. The minimum atomic E-state index is 0.414. The van der Waals surface area contributed by atoms with Crippen molar-refractivity contribution in [3.63, 3.8) is 0 Å². The van der Waals surface area contributed by atoms with E-state index in [9.17, 15) is 0 Å². The summed E-state index contributed by atoms with van der Waals surface area (Å²) in [6.07, 6.45) is 3.81. The van der Waals surface area contributed by atoms with Crippen LogP contribution in [0, 0.1) is 0 Å². The maximum absolute atomic E-state index is 5.74. The number of nitrogens with two attached hydrogens (primary N) is 2. The molecule has 0 saturated heterocycles. The molecule has 0 bridgehead atoms. The highest BCUT2D eigenvalue weighted by atomic mass is 15.0. The summed E-state index contributed by atoms with van der Waals surface area (Å²) in [7, 11) is 0. The molecule has 0 spiro atoms. The molecule has 2 aromatic carbocycles. The highest BCUT2D eigenvalue weighted by Crippen LogP contribution is 2.35. The molecule has 2 heterocycles. The number of hydrogen-bond acceptors (Lipinski definition) is 4. The molecule has 0 atom stereocenters. The average molecular weight is 370 g/mol. The van der Waals surface area contributed by atoms with Gasteiger partial charge in [0.2, 0.25) is 0 Å². The van der Waals surface area contributed by atoms with Gasteiger partial charge < -0.3 is 21.4 Å². The first-order valence-corrected chi connectivity index (χ1v) is 9.51. The van der Waals surface area contributed by atoms with E-state index in [1.807, 2.05) is 6.20 Å². The molecule has 1 aliphatic carbocycles. The molecule has 6 heteroatoms.